The number of ether oxygens (including phenoxy) is 3. The lowest BCUT2D eigenvalue weighted by Gasteiger charge is -2.21. The lowest BCUT2D eigenvalue weighted by Crippen LogP contribution is -2.26. The second-order valence-electron chi connectivity index (χ2n) is 7.01. The first-order valence-corrected chi connectivity index (χ1v) is 10.1. The second-order valence-corrected chi connectivity index (χ2v) is 7.41. The zero-order valence-corrected chi connectivity index (χ0v) is 17.3. The predicted octanol–water partition coefficient (Wildman–Crippen LogP) is 5.18. The number of benzene rings is 3. The topological polar surface area (TPSA) is 56.8 Å². The van der Waals surface area contributed by atoms with Gasteiger partial charge in [-0.3, -0.25) is 4.79 Å². The Labute approximate surface area is 180 Å². The van der Waals surface area contributed by atoms with Crippen molar-refractivity contribution in [1.82, 2.24) is 5.32 Å². The molecule has 1 amide bonds. The largest absolute Gasteiger partial charge is 0.489 e. The number of amides is 1. The highest BCUT2D eigenvalue weighted by Crippen LogP contribution is 2.32. The van der Waals surface area contributed by atoms with Crippen LogP contribution in [0.1, 0.15) is 34.5 Å². The Hall–Kier alpha value is -3.18. The SMILES string of the molecule is C[C@@H](NC(=O)c1cccc(OCc2ccccc2Cl)c1)c1ccc2c(c1)OCCO2. The van der Waals surface area contributed by atoms with Crippen molar-refractivity contribution in [2.24, 2.45) is 0 Å². The zero-order valence-electron chi connectivity index (χ0n) is 16.6. The normalized spacial score (nSPS) is 13.4. The van der Waals surface area contributed by atoms with Crippen LogP contribution in [0.2, 0.25) is 5.02 Å². The van der Waals surface area contributed by atoms with Crippen LogP contribution in [-0.2, 0) is 6.61 Å². The summed E-state index contributed by atoms with van der Waals surface area (Å²) in [6, 6.07) is 20.1. The van der Waals surface area contributed by atoms with Crippen LogP contribution >= 0.6 is 11.6 Å². The van der Waals surface area contributed by atoms with E-state index < -0.39 is 0 Å². The molecule has 1 N–H and O–H groups in total. The average Bonchev–Trinajstić information content (AvgIpc) is 2.78. The summed E-state index contributed by atoms with van der Waals surface area (Å²) in [6.45, 7) is 3.34. The molecule has 6 heteroatoms. The fraction of sp³-hybridized carbons (Fsp3) is 0.208. The summed E-state index contributed by atoms with van der Waals surface area (Å²) in [6.07, 6.45) is 0. The molecule has 3 aromatic carbocycles. The van der Waals surface area contributed by atoms with E-state index >= 15 is 0 Å². The molecule has 0 aliphatic carbocycles. The Balaban J connectivity index is 1.41. The molecular weight excluding hydrogens is 402 g/mol. The molecule has 0 fully saturated rings. The lowest BCUT2D eigenvalue weighted by atomic mass is 10.1. The van der Waals surface area contributed by atoms with E-state index in [1.165, 1.54) is 0 Å². The molecule has 154 valence electrons. The zero-order chi connectivity index (χ0) is 20.9. The monoisotopic (exact) mass is 423 g/mol. The van der Waals surface area contributed by atoms with Crippen molar-refractivity contribution in [3.8, 4) is 17.2 Å². The maximum Gasteiger partial charge on any atom is 0.251 e. The van der Waals surface area contributed by atoms with Crippen LogP contribution < -0.4 is 19.5 Å². The van der Waals surface area contributed by atoms with Crippen LogP contribution in [0, 0.1) is 0 Å². The van der Waals surface area contributed by atoms with Crippen LogP contribution in [0.15, 0.2) is 66.7 Å². The van der Waals surface area contributed by atoms with Gasteiger partial charge in [0.1, 0.15) is 25.6 Å². The van der Waals surface area contributed by atoms with Gasteiger partial charge >= 0.3 is 0 Å². The van der Waals surface area contributed by atoms with Crippen LogP contribution in [0.5, 0.6) is 17.2 Å². The first-order chi connectivity index (χ1) is 14.6. The van der Waals surface area contributed by atoms with Gasteiger partial charge in [-0.05, 0) is 48.9 Å². The summed E-state index contributed by atoms with van der Waals surface area (Å²) < 4.78 is 17.0. The molecule has 0 unspecified atom stereocenters. The fourth-order valence-corrected chi connectivity index (χ4v) is 3.39. The quantitative estimate of drug-likeness (QED) is 0.593. The molecule has 3 aromatic rings. The lowest BCUT2D eigenvalue weighted by molar-refractivity contribution is 0.0939. The Kier molecular flexibility index (Phi) is 6.10. The predicted molar refractivity (Wildman–Crippen MR) is 116 cm³/mol. The number of carbonyl (C=O) groups is 1. The van der Waals surface area contributed by atoms with E-state index in [2.05, 4.69) is 5.32 Å². The van der Waals surface area contributed by atoms with Crippen molar-refractivity contribution in [3.05, 3.63) is 88.4 Å². The number of rotatable bonds is 6. The van der Waals surface area contributed by atoms with Gasteiger partial charge in [0.05, 0.1) is 6.04 Å². The molecule has 0 spiro atoms. The molecule has 5 nitrogen and oxygen atoms in total. The number of hydrogen-bond donors (Lipinski definition) is 1. The second kappa shape index (κ2) is 9.09. The van der Waals surface area contributed by atoms with Crippen LogP contribution in [0.3, 0.4) is 0 Å². The van der Waals surface area contributed by atoms with E-state index in [1.807, 2.05) is 55.5 Å². The third-order valence-electron chi connectivity index (χ3n) is 4.86. The van der Waals surface area contributed by atoms with E-state index in [9.17, 15) is 4.79 Å². The van der Waals surface area contributed by atoms with Gasteiger partial charge in [0.25, 0.3) is 5.91 Å². The fourth-order valence-electron chi connectivity index (χ4n) is 3.20. The van der Waals surface area contributed by atoms with Gasteiger partial charge in [0.2, 0.25) is 0 Å². The van der Waals surface area contributed by atoms with Crippen molar-refractivity contribution in [1.29, 1.82) is 0 Å². The maximum atomic E-state index is 12.8. The molecule has 0 saturated heterocycles. The van der Waals surface area contributed by atoms with E-state index in [0.717, 1.165) is 16.9 Å². The maximum absolute atomic E-state index is 12.8. The van der Waals surface area contributed by atoms with Gasteiger partial charge in [0, 0.05) is 16.1 Å². The summed E-state index contributed by atoms with van der Waals surface area (Å²) in [5.41, 5.74) is 2.36. The number of hydrogen-bond acceptors (Lipinski definition) is 4. The smallest absolute Gasteiger partial charge is 0.251 e. The number of nitrogens with one attached hydrogen (secondary N) is 1. The Bertz CT molecular complexity index is 1050. The van der Waals surface area contributed by atoms with Crippen molar-refractivity contribution in [2.75, 3.05) is 13.2 Å². The third-order valence-corrected chi connectivity index (χ3v) is 5.23. The summed E-state index contributed by atoms with van der Waals surface area (Å²) >= 11 is 6.17. The van der Waals surface area contributed by atoms with E-state index in [-0.39, 0.29) is 11.9 Å². The minimum Gasteiger partial charge on any atom is -0.489 e. The summed E-state index contributed by atoms with van der Waals surface area (Å²) in [7, 11) is 0. The highest BCUT2D eigenvalue weighted by atomic mass is 35.5. The summed E-state index contributed by atoms with van der Waals surface area (Å²) in [4.78, 5) is 12.8. The Morgan fingerprint density at radius 2 is 1.83 bits per heavy atom. The molecule has 1 heterocycles. The third kappa shape index (κ3) is 4.69. The minimum atomic E-state index is -0.193. The summed E-state index contributed by atoms with van der Waals surface area (Å²) in [5.74, 6) is 1.86. The van der Waals surface area contributed by atoms with Gasteiger partial charge in [-0.2, -0.15) is 0 Å². The Morgan fingerprint density at radius 3 is 2.67 bits per heavy atom. The number of halogens is 1. The highest BCUT2D eigenvalue weighted by molar-refractivity contribution is 6.31. The standard InChI is InChI=1S/C24H22ClNO4/c1-16(17-9-10-22-23(14-17)29-12-11-28-22)26-24(27)18-6-4-7-20(13-18)30-15-19-5-2-3-8-21(19)25/h2-10,13-14,16H,11-12,15H2,1H3,(H,26,27)/t16-/m1/s1. The highest BCUT2D eigenvalue weighted by Gasteiger charge is 2.17. The van der Waals surface area contributed by atoms with E-state index in [4.69, 9.17) is 25.8 Å². The van der Waals surface area contributed by atoms with Gasteiger partial charge < -0.3 is 19.5 Å². The molecule has 0 saturated carbocycles. The van der Waals surface area contributed by atoms with Gasteiger partial charge in [0.15, 0.2) is 11.5 Å². The number of fused-ring (bicyclic) bond motifs is 1. The molecular formula is C24H22ClNO4. The molecule has 4 rings (SSSR count). The first-order valence-electron chi connectivity index (χ1n) is 9.77. The molecule has 30 heavy (non-hydrogen) atoms. The number of carbonyl (C=O) groups excluding carboxylic acids is 1. The van der Waals surface area contributed by atoms with Gasteiger partial charge in [-0.25, -0.2) is 0 Å². The summed E-state index contributed by atoms with van der Waals surface area (Å²) in [5, 5.41) is 3.67. The average molecular weight is 424 g/mol. The molecule has 0 bridgehead atoms. The Morgan fingerprint density at radius 1 is 1.03 bits per heavy atom. The molecule has 1 aliphatic rings. The van der Waals surface area contributed by atoms with E-state index in [0.29, 0.717) is 41.9 Å². The molecule has 0 radical (unpaired) electrons. The van der Waals surface area contributed by atoms with Crippen LogP contribution in [-0.4, -0.2) is 19.1 Å². The van der Waals surface area contributed by atoms with Crippen LogP contribution in [0.25, 0.3) is 0 Å². The van der Waals surface area contributed by atoms with E-state index in [1.54, 1.807) is 18.2 Å². The molecule has 1 atom stereocenters. The van der Waals surface area contributed by atoms with Gasteiger partial charge in [-0.1, -0.05) is 41.9 Å². The first kappa shape index (κ1) is 20.1. The molecule has 0 aromatic heterocycles. The van der Waals surface area contributed by atoms with Crippen molar-refractivity contribution in [3.63, 3.8) is 0 Å². The van der Waals surface area contributed by atoms with Crippen molar-refractivity contribution < 1.29 is 19.0 Å². The van der Waals surface area contributed by atoms with Crippen molar-refractivity contribution in [2.45, 2.75) is 19.6 Å². The van der Waals surface area contributed by atoms with Gasteiger partial charge in [-0.15, -0.1) is 0 Å². The van der Waals surface area contributed by atoms with Crippen LogP contribution in [0.4, 0.5) is 0 Å². The molecule has 1 aliphatic heterocycles. The van der Waals surface area contributed by atoms with Crippen molar-refractivity contribution >= 4 is 17.5 Å². The minimum absolute atomic E-state index is 0.180.